The van der Waals surface area contributed by atoms with Crippen molar-refractivity contribution >= 4 is 22.7 Å². The summed E-state index contributed by atoms with van der Waals surface area (Å²) < 4.78 is 0. The third kappa shape index (κ3) is 2.06. The summed E-state index contributed by atoms with van der Waals surface area (Å²) in [4.78, 5) is 18.4. The van der Waals surface area contributed by atoms with Crippen LogP contribution in [0, 0.1) is 11.8 Å². The van der Waals surface area contributed by atoms with Gasteiger partial charge in [-0.25, -0.2) is 9.78 Å². The number of benzene rings is 1. The Kier molecular flexibility index (Phi) is 2.84. The highest BCUT2D eigenvalue weighted by Gasteiger charge is 2.37. The number of pyridine rings is 1. The zero-order valence-electron chi connectivity index (χ0n) is 11.8. The van der Waals surface area contributed by atoms with E-state index >= 15 is 0 Å². The number of rotatable bonds is 2. The van der Waals surface area contributed by atoms with Crippen LogP contribution in [0.4, 0.5) is 5.82 Å². The highest BCUT2D eigenvalue weighted by atomic mass is 16.4. The van der Waals surface area contributed by atoms with Crippen molar-refractivity contribution in [2.24, 2.45) is 11.8 Å². The minimum absolute atomic E-state index is 0.327. The number of carboxylic acid groups (broad SMARTS) is 1. The minimum atomic E-state index is -0.889. The van der Waals surface area contributed by atoms with E-state index in [4.69, 9.17) is 0 Å². The molecule has 1 aliphatic carbocycles. The van der Waals surface area contributed by atoms with Crippen LogP contribution in [-0.4, -0.2) is 29.1 Å². The quantitative estimate of drug-likeness (QED) is 0.919. The van der Waals surface area contributed by atoms with Gasteiger partial charge in [0.1, 0.15) is 11.4 Å². The van der Waals surface area contributed by atoms with Gasteiger partial charge in [0.15, 0.2) is 0 Å². The van der Waals surface area contributed by atoms with E-state index in [0.29, 0.717) is 11.4 Å². The van der Waals surface area contributed by atoms with Crippen LogP contribution in [-0.2, 0) is 0 Å². The molecule has 2 unspecified atom stereocenters. The van der Waals surface area contributed by atoms with Gasteiger partial charge in [-0.1, -0.05) is 24.6 Å². The Labute approximate surface area is 123 Å². The molecule has 2 aliphatic rings. The molecule has 4 rings (SSSR count). The predicted molar refractivity (Wildman–Crippen MR) is 81.7 cm³/mol. The van der Waals surface area contributed by atoms with E-state index in [-0.39, 0.29) is 0 Å². The number of aromatic carboxylic acids is 1. The molecule has 1 saturated carbocycles. The molecule has 4 nitrogen and oxygen atoms in total. The topological polar surface area (TPSA) is 53.4 Å². The molecule has 1 saturated heterocycles. The SMILES string of the molecule is O=C(O)c1cc2ccccc2nc1N1CC2CCCC2C1. The maximum absolute atomic E-state index is 11.6. The molecule has 0 amide bonds. The van der Waals surface area contributed by atoms with E-state index in [9.17, 15) is 9.90 Å². The molecule has 1 aliphatic heterocycles. The maximum Gasteiger partial charge on any atom is 0.339 e. The van der Waals surface area contributed by atoms with Crippen molar-refractivity contribution < 1.29 is 9.90 Å². The van der Waals surface area contributed by atoms with E-state index in [1.165, 1.54) is 19.3 Å². The number of fused-ring (bicyclic) bond motifs is 2. The first kappa shape index (κ1) is 12.6. The maximum atomic E-state index is 11.6. The van der Waals surface area contributed by atoms with Gasteiger partial charge in [-0.2, -0.15) is 0 Å². The van der Waals surface area contributed by atoms with Gasteiger partial charge in [0, 0.05) is 18.5 Å². The van der Waals surface area contributed by atoms with Crippen molar-refractivity contribution in [2.75, 3.05) is 18.0 Å². The third-order valence-corrected chi connectivity index (χ3v) is 4.96. The Hall–Kier alpha value is -2.10. The van der Waals surface area contributed by atoms with E-state index in [1.54, 1.807) is 6.07 Å². The molecule has 1 N–H and O–H groups in total. The minimum Gasteiger partial charge on any atom is -0.478 e. The van der Waals surface area contributed by atoms with Gasteiger partial charge in [0.25, 0.3) is 0 Å². The molecular formula is C17H18N2O2. The number of carbonyl (C=O) groups is 1. The van der Waals surface area contributed by atoms with Crippen molar-refractivity contribution in [3.8, 4) is 0 Å². The second-order valence-corrected chi connectivity index (χ2v) is 6.21. The Morgan fingerprint density at radius 1 is 1.19 bits per heavy atom. The number of hydrogen-bond donors (Lipinski definition) is 1. The molecule has 2 aromatic rings. The lowest BCUT2D eigenvalue weighted by Gasteiger charge is -2.21. The number of para-hydroxylation sites is 1. The molecule has 4 heteroatoms. The lowest BCUT2D eigenvalue weighted by atomic mass is 10.0. The van der Waals surface area contributed by atoms with Crippen molar-refractivity contribution in [1.82, 2.24) is 4.98 Å². The van der Waals surface area contributed by atoms with Gasteiger partial charge in [-0.3, -0.25) is 0 Å². The van der Waals surface area contributed by atoms with Crippen LogP contribution in [0.2, 0.25) is 0 Å². The largest absolute Gasteiger partial charge is 0.478 e. The Balaban J connectivity index is 1.79. The molecule has 1 aromatic carbocycles. The van der Waals surface area contributed by atoms with Crippen molar-refractivity contribution in [1.29, 1.82) is 0 Å². The Bertz CT molecular complexity index is 701. The number of aromatic nitrogens is 1. The van der Waals surface area contributed by atoms with Crippen LogP contribution in [0.15, 0.2) is 30.3 Å². The first-order valence-electron chi connectivity index (χ1n) is 7.60. The highest BCUT2D eigenvalue weighted by molar-refractivity contribution is 5.98. The average Bonchev–Trinajstić information content (AvgIpc) is 3.07. The van der Waals surface area contributed by atoms with Crippen LogP contribution < -0.4 is 4.90 Å². The molecule has 108 valence electrons. The van der Waals surface area contributed by atoms with Gasteiger partial charge < -0.3 is 10.0 Å². The molecule has 2 atom stereocenters. The van der Waals surface area contributed by atoms with E-state index < -0.39 is 5.97 Å². The molecule has 0 bridgehead atoms. The van der Waals surface area contributed by atoms with E-state index in [0.717, 1.165) is 35.8 Å². The molecule has 0 radical (unpaired) electrons. The van der Waals surface area contributed by atoms with Gasteiger partial charge in [-0.15, -0.1) is 0 Å². The van der Waals surface area contributed by atoms with Gasteiger partial charge in [-0.05, 0) is 36.8 Å². The van der Waals surface area contributed by atoms with Gasteiger partial charge >= 0.3 is 5.97 Å². The van der Waals surface area contributed by atoms with Crippen LogP contribution in [0.5, 0.6) is 0 Å². The van der Waals surface area contributed by atoms with Crippen LogP contribution >= 0.6 is 0 Å². The normalized spacial score (nSPS) is 24.5. The average molecular weight is 282 g/mol. The van der Waals surface area contributed by atoms with Gasteiger partial charge in [0.05, 0.1) is 5.52 Å². The molecular weight excluding hydrogens is 264 g/mol. The smallest absolute Gasteiger partial charge is 0.339 e. The highest BCUT2D eigenvalue weighted by Crippen LogP contribution is 2.40. The number of carboxylic acids is 1. The van der Waals surface area contributed by atoms with Crippen LogP contribution in [0.1, 0.15) is 29.6 Å². The fourth-order valence-electron chi connectivity index (χ4n) is 3.91. The summed E-state index contributed by atoms with van der Waals surface area (Å²) in [5, 5.41) is 10.4. The molecule has 1 aromatic heterocycles. The lowest BCUT2D eigenvalue weighted by Crippen LogP contribution is -2.24. The van der Waals surface area contributed by atoms with Crippen LogP contribution in [0.3, 0.4) is 0 Å². The molecule has 2 fully saturated rings. The zero-order chi connectivity index (χ0) is 14.4. The molecule has 21 heavy (non-hydrogen) atoms. The third-order valence-electron chi connectivity index (χ3n) is 4.96. The first-order valence-corrected chi connectivity index (χ1v) is 7.60. The Morgan fingerprint density at radius 2 is 1.90 bits per heavy atom. The van der Waals surface area contributed by atoms with Crippen molar-refractivity contribution in [3.63, 3.8) is 0 Å². The number of anilines is 1. The second-order valence-electron chi connectivity index (χ2n) is 6.21. The summed E-state index contributed by atoms with van der Waals surface area (Å²) in [7, 11) is 0. The summed E-state index contributed by atoms with van der Waals surface area (Å²) in [5.41, 5.74) is 1.20. The van der Waals surface area contributed by atoms with Crippen molar-refractivity contribution in [2.45, 2.75) is 19.3 Å². The monoisotopic (exact) mass is 282 g/mol. The fourth-order valence-corrected chi connectivity index (χ4v) is 3.91. The summed E-state index contributed by atoms with van der Waals surface area (Å²) in [6, 6.07) is 9.47. The lowest BCUT2D eigenvalue weighted by molar-refractivity contribution is 0.0697. The summed E-state index contributed by atoms with van der Waals surface area (Å²) in [5.74, 6) is 1.20. The van der Waals surface area contributed by atoms with Crippen molar-refractivity contribution in [3.05, 3.63) is 35.9 Å². The molecule has 2 heterocycles. The molecule has 0 spiro atoms. The standard InChI is InChI=1S/C17H18N2O2/c20-17(21)14-8-11-4-1-2-7-15(11)18-16(14)19-9-12-5-3-6-13(12)10-19/h1-2,4,7-8,12-13H,3,5-6,9-10H2,(H,20,21). The number of nitrogens with zero attached hydrogens (tertiary/aromatic N) is 2. The second kappa shape index (κ2) is 4.72. The summed E-state index contributed by atoms with van der Waals surface area (Å²) in [6.45, 7) is 1.91. The fraction of sp³-hybridized carbons (Fsp3) is 0.412. The number of hydrogen-bond acceptors (Lipinski definition) is 3. The van der Waals surface area contributed by atoms with Gasteiger partial charge in [0.2, 0.25) is 0 Å². The summed E-state index contributed by atoms with van der Waals surface area (Å²) >= 11 is 0. The Morgan fingerprint density at radius 3 is 2.62 bits per heavy atom. The van der Waals surface area contributed by atoms with E-state index in [2.05, 4.69) is 9.88 Å². The summed E-state index contributed by atoms with van der Waals surface area (Å²) in [6.07, 6.45) is 3.87. The van der Waals surface area contributed by atoms with E-state index in [1.807, 2.05) is 24.3 Å². The predicted octanol–water partition coefficient (Wildman–Crippen LogP) is 3.17. The first-order chi connectivity index (χ1) is 10.2. The van der Waals surface area contributed by atoms with Crippen LogP contribution in [0.25, 0.3) is 10.9 Å². The zero-order valence-corrected chi connectivity index (χ0v) is 11.8.